The van der Waals surface area contributed by atoms with Gasteiger partial charge < -0.3 is 4.74 Å². The first-order chi connectivity index (χ1) is 8.49. The summed E-state index contributed by atoms with van der Waals surface area (Å²) < 4.78 is 5.31. The number of carbonyl (C=O) groups is 1. The second-order valence-corrected chi connectivity index (χ2v) is 4.86. The second kappa shape index (κ2) is 7.24. The summed E-state index contributed by atoms with van der Waals surface area (Å²) in [6, 6.07) is 5.39. The van der Waals surface area contributed by atoms with E-state index in [1.165, 1.54) is 0 Å². The highest BCUT2D eigenvalue weighted by Crippen LogP contribution is 2.24. The van der Waals surface area contributed by atoms with Crippen LogP contribution in [0.5, 0.6) is 5.75 Å². The number of hydrogen-bond acceptors (Lipinski definition) is 3. The Morgan fingerprint density at radius 3 is 2.83 bits per heavy atom. The Morgan fingerprint density at radius 1 is 1.44 bits per heavy atom. The van der Waals surface area contributed by atoms with Gasteiger partial charge >= 0.3 is 0 Å². The summed E-state index contributed by atoms with van der Waals surface area (Å²) in [6.07, 6.45) is 0. The molecule has 0 aromatic heterocycles. The van der Waals surface area contributed by atoms with Crippen LogP contribution in [0, 0.1) is 12.8 Å². The van der Waals surface area contributed by atoms with Crippen LogP contribution in [0.3, 0.4) is 0 Å². The van der Waals surface area contributed by atoms with Gasteiger partial charge in [0, 0.05) is 0 Å². The predicted molar refractivity (Wildman–Crippen MR) is 70.6 cm³/mol. The number of amides is 1. The van der Waals surface area contributed by atoms with E-state index in [0.29, 0.717) is 23.3 Å². The molecular weight excluding hydrogens is 254 g/mol. The molecule has 0 aliphatic rings. The fraction of sp³-hybridized carbons (Fsp3) is 0.462. The van der Waals surface area contributed by atoms with E-state index in [2.05, 4.69) is 5.48 Å². The lowest BCUT2D eigenvalue weighted by molar-refractivity contribution is -0.136. The monoisotopic (exact) mass is 271 g/mol. The van der Waals surface area contributed by atoms with Gasteiger partial charge in [0.05, 0.1) is 11.6 Å². The van der Waals surface area contributed by atoms with Crippen LogP contribution in [0.2, 0.25) is 5.02 Å². The Hall–Kier alpha value is -1.26. The molecule has 1 aromatic rings. The average Bonchev–Trinajstić information content (AvgIpc) is 2.30. The van der Waals surface area contributed by atoms with Crippen LogP contribution in [0.4, 0.5) is 0 Å². The first kappa shape index (κ1) is 14.8. The van der Waals surface area contributed by atoms with Gasteiger partial charge in [-0.2, -0.15) is 0 Å². The van der Waals surface area contributed by atoms with Gasteiger partial charge in [0.2, 0.25) is 0 Å². The van der Waals surface area contributed by atoms with E-state index in [4.69, 9.17) is 21.2 Å². The highest BCUT2D eigenvalue weighted by atomic mass is 35.5. The minimum Gasteiger partial charge on any atom is -0.482 e. The first-order valence-corrected chi connectivity index (χ1v) is 6.16. The molecule has 1 amide bonds. The number of rotatable bonds is 6. The Kier molecular flexibility index (Phi) is 5.95. The third kappa shape index (κ3) is 5.38. The van der Waals surface area contributed by atoms with Crippen LogP contribution < -0.4 is 10.2 Å². The molecule has 0 saturated carbocycles. The minimum atomic E-state index is -0.340. The number of carbonyl (C=O) groups excluding carboxylic acids is 1. The molecule has 0 saturated heterocycles. The summed E-state index contributed by atoms with van der Waals surface area (Å²) >= 11 is 5.94. The topological polar surface area (TPSA) is 47.6 Å². The summed E-state index contributed by atoms with van der Waals surface area (Å²) in [5.74, 6) is 0.515. The lowest BCUT2D eigenvalue weighted by atomic mass is 10.2. The summed E-state index contributed by atoms with van der Waals surface area (Å²) in [6.45, 7) is 6.26. The Labute approximate surface area is 112 Å². The smallest absolute Gasteiger partial charge is 0.281 e. The zero-order chi connectivity index (χ0) is 13.5. The fourth-order valence-corrected chi connectivity index (χ4v) is 1.35. The molecule has 1 N–H and O–H groups in total. The van der Waals surface area contributed by atoms with Crippen LogP contribution in [0.1, 0.15) is 19.4 Å². The predicted octanol–water partition coefficient (Wildman–Crippen LogP) is 2.73. The van der Waals surface area contributed by atoms with E-state index >= 15 is 0 Å². The van der Waals surface area contributed by atoms with Crippen LogP contribution >= 0.6 is 11.6 Å². The van der Waals surface area contributed by atoms with Crippen molar-refractivity contribution in [3.8, 4) is 5.75 Å². The van der Waals surface area contributed by atoms with Gasteiger partial charge in [-0.25, -0.2) is 5.48 Å². The van der Waals surface area contributed by atoms with Gasteiger partial charge in [-0.1, -0.05) is 31.5 Å². The number of aryl methyl sites for hydroxylation is 1. The van der Waals surface area contributed by atoms with Gasteiger partial charge in [0.25, 0.3) is 5.91 Å². The molecule has 18 heavy (non-hydrogen) atoms. The number of hydrogen-bond donors (Lipinski definition) is 1. The zero-order valence-corrected chi connectivity index (χ0v) is 11.6. The summed E-state index contributed by atoms with van der Waals surface area (Å²) in [7, 11) is 0. The quantitative estimate of drug-likeness (QED) is 0.810. The summed E-state index contributed by atoms with van der Waals surface area (Å²) in [4.78, 5) is 16.4. The molecule has 4 nitrogen and oxygen atoms in total. The van der Waals surface area contributed by atoms with Gasteiger partial charge in [-0.15, -0.1) is 0 Å². The molecule has 0 unspecified atom stereocenters. The number of halogens is 1. The van der Waals surface area contributed by atoms with Gasteiger partial charge in [-0.05, 0) is 30.5 Å². The molecule has 0 spiro atoms. The number of ether oxygens (including phenoxy) is 1. The zero-order valence-electron chi connectivity index (χ0n) is 10.8. The highest BCUT2D eigenvalue weighted by molar-refractivity contribution is 6.32. The largest absolute Gasteiger partial charge is 0.482 e. The lowest BCUT2D eigenvalue weighted by Crippen LogP contribution is -2.30. The first-order valence-electron chi connectivity index (χ1n) is 5.78. The van der Waals surface area contributed by atoms with Crippen molar-refractivity contribution < 1.29 is 14.4 Å². The van der Waals surface area contributed by atoms with Crippen molar-refractivity contribution in [3.05, 3.63) is 28.8 Å². The van der Waals surface area contributed by atoms with E-state index in [9.17, 15) is 4.79 Å². The SMILES string of the molecule is Cc1ccc(Cl)c(OCC(=O)NOCC(C)C)c1. The van der Waals surface area contributed by atoms with Crippen LogP contribution in [-0.4, -0.2) is 19.1 Å². The van der Waals surface area contributed by atoms with Gasteiger partial charge in [0.1, 0.15) is 5.75 Å². The van der Waals surface area contributed by atoms with Crippen molar-refractivity contribution in [2.24, 2.45) is 5.92 Å². The summed E-state index contributed by atoms with van der Waals surface area (Å²) in [5, 5.41) is 0.483. The molecule has 0 radical (unpaired) electrons. The molecule has 0 atom stereocenters. The molecule has 0 aliphatic heterocycles. The highest BCUT2D eigenvalue weighted by Gasteiger charge is 2.06. The van der Waals surface area contributed by atoms with Crippen molar-refractivity contribution in [2.75, 3.05) is 13.2 Å². The van der Waals surface area contributed by atoms with Crippen molar-refractivity contribution in [1.82, 2.24) is 5.48 Å². The van der Waals surface area contributed by atoms with E-state index in [1.807, 2.05) is 26.8 Å². The van der Waals surface area contributed by atoms with Gasteiger partial charge in [0.15, 0.2) is 6.61 Å². The maximum absolute atomic E-state index is 11.4. The molecule has 0 fully saturated rings. The third-order valence-electron chi connectivity index (χ3n) is 2.05. The van der Waals surface area contributed by atoms with E-state index in [0.717, 1.165) is 5.56 Å². The minimum absolute atomic E-state index is 0.124. The fourth-order valence-electron chi connectivity index (χ4n) is 1.18. The van der Waals surface area contributed by atoms with Crippen molar-refractivity contribution in [3.63, 3.8) is 0 Å². The maximum Gasteiger partial charge on any atom is 0.281 e. The van der Waals surface area contributed by atoms with Crippen molar-refractivity contribution in [2.45, 2.75) is 20.8 Å². The van der Waals surface area contributed by atoms with E-state index in [-0.39, 0.29) is 12.5 Å². The van der Waals surface area contributed by atoms with Crippen LogP contribution in [0.15, 0.2) is 18.2 Å². The maximum atomic E-state index is 11.4. The average molecular weight is 272 g/mol. The Balaban J connectivity index is 2.36. The van der Waals surface area contributed by atoms with E-state index in [1.54, 1.807) is 12.1 Å². The molecule has 100 valence electrons. The third-order valence-corrected chi connectivity index (χ3v) is 2.36. The molecule has 0 heterocycles. The molecule has 1 aromatic carbocycles. The lowest BCUT2D eigenvalue weighted by Gasteiger charge is -2.10. The summed E-state index contributed by atoms with van der Waals surface area (Å²) in [5.41, 5.74) is 3.33. The van der Waals surface area contributed by atoms with Gasteiger partial charge in [-0.3, -0.25) is 9.63 Å². The molecular formula is C13H18ClNO3. The second-order valence-electron chi connectivity index (χ2n) is 4.45. The molecule has 0 aliphatic carbocycles. The number of hydroxylamine groups is 1. The van der Waals surface area contributed by atoms with Crippen LogP contribution in [0.25, 0.3) is 0 Å². The van der Waals surface area contributed by atoms with Crippen molar-refractivity contribution in [1.29, 1.82) is 0 Å². The molecule has 0 bridgehead atoms. The Bertz CT molecular complexity index is 407. The molecule has 5 heteroatoms. The van der Waals surface area contributed by atoms with Crippen molar-refractivity contribution >= 4 is 17.5 Å². The number of nitrogens with one attached hydrogen (secondary N) is 1. The standard InChI is InChI=1S/C13H18ClNO3/c1-9(2)7-18-15-13(16)8-17-12-6-10(3)4-5-11(12)14/h4-6,9H,7-8H2,1-3H3,(H,15,16). The molecule has 1 rings (SSSR count). The van der Waals surface area contributed by atoms with E-state index < -0.39 is 0 Å². The Morgan fingerprint density at radius 2 is 2.17 bits per heavy atom. The normalized spacial score (nSPS) is 10.5. The van der Waals surface area contributed by atoms with Crippen LogP contribution in [-0.2, 0) is 9.63 Å². The number of benzene rings is 1.